The summed E-state index contributed by atoms with van der Waals surface area (Å²) in [6.45, 7) is 9.19. The molecule has 16 nitrogen and oxygen atoms in total. The van der Waals surface area contributed by atoms with Gasteiger partial charge in [-0.05, 0) is 145 Å². The zero-order valence-corrected chi connectivity index (χ0v) is 48.4. The van der Waals surface area contributed by atoms with Crippen molar-refractivity contribution in [2.45, 2.75) is 98.6 Å². The summed E-state index contributed by atoms with van der Waals surface area (Å²) in [6.07, 6.45) is 13.6. The zero-order chi connectivity index (χ0) is 56.7. The molecule has 0 amide bonds. The zero-order valence-electron chi connectivity index (χ0n) is 45.1. The molecule has 0 unspecified atom stereocenters. The van der Waals surface area contributed by atoms with Gasteiger partial charge in [0.15, 0.2) is 0 Å². The smallest absolute Gasteiger partial charge is 0.240 e. The van der Waals surface area contributed by atoms with Gasteiger partial charge in [0.25, 0.3) is 0 Å². The van der Waals surface area contributed by atoms with E-state index in [2.05, 4.69) is 28.9 Å². The average Bonchev–Trinajstić information content (AvgIpc) is 4.32. The molecule has 20 heteroatoms. The molecule has 8 bridgehead atoms. The van der Waals surface area contributed by atoms with Crippen molar-refractivity contribution < 1.29 is 33.7 Å². The number of sulfonamides is 4. The van der Waals surface area contributed by atoms with E-state index >= 15 is 0 Å². The third kappa shape index (κ3) is 12.8. The fourth-order valence-corrected chi connectivity index (χ4v) is 13.8. The minimum atomic E-state index is -3.82. The van der Waals surface area contributed by atoms with Crippen molar-refractivity contribution in [1.29, 1.82) is 0 Å². The molecule has 6 N–H and O–H groups in total. The standard InChI is InChI=1S/C60H66N8O8S4/c1-5-9-37-61-77(69,70)45-21-13-41(14-22-45)57-49-29-31-51(65-49)58(42-15-23-46(24-16-42)78(71,72)62-38-10-6-2)53-33-35-55(67-53)60(44-19-27-48(28-20-44)80(75,76)64-40-12-8-4)56-36-34-54(68-56)59(52-32-30-50(57)66-52)43-17-25-47(26-18-43)79(73,74)63-39-11-7-3/h13-36,61-66H,5-12,37-40H2,1-4H3. The number of aromatic nitrogens is 4. The SMILES string of the molecule is CCCCNS(=O)(=O)c1ccc(-c2c3nc(c(-c4ccc(S(=O)(=O)NCCCC)cc4)c4ccc([nH]4)c(-c4ccc(S(=O)(=O)NCCCC)cc4)c4ccc([nH]4)c(-c4ccc(S(=O)(=O)NCCCC)cc4)c4nc2C=C4)C=C3)cc1. The maximum Gasteiger partial charge on any atom is 0.240 e. The number of hydrogen-bond acceptors (Lipinski definition) is 10. The number of nitrogens with zero attached hydrogens (tertiary/aromatic N) is 2. The third-order valence-corrected chi connectivity index (χ3v) is 19.8. The number of nitrogens with one attached hydrogen (secondary N) is 6. The average molecular weight is 1160 g/mol. The quantitative estimate of drug-likeness (QED) is 0.0313. The van der Waals surface area contributed by atoms with Crippen molar-refractivity contribution in [2.24, 2.45) is 0 Å². The van der Waals surface area contributed by atoms with E-state index in [4.69, 9.17) is 9.97 Å². The minimum Gasteiger partial charge on any atom is -0.354 e. The number of aromatic amines is 2. The molecule has 418 valence electrons. The van der Waals surface area contributed by atoms with Crippen LogP contribution in [0.2, 0.25) is 0 Å². The van der Waals surface area contributed by atoms with Crippen LogP contribution in [0.15, 0.2) is 141 Å². The van der Waals surface area contributed by atoms with Gasteiger partial charge in [0, 0.05) is 70.5 Å². The van der Waals surface area contributed by atoms with E-state index in [0.29, 0.717) is 141 Å². The van der Waals surface area contributed by atoms with Crippen LogP contribution in [0.4, 0.5) is 0 Å². The molecule has 0 aliphatic carbocycles. The first-order valence-corrected chi connectivity index (χ1v) is 33.0. The lowest BCUT2D eigenvalue weighted by Crippen LogP contribution is -2.24. The highest BCUT2D eigenvalue weighted by atomic mass is 32.2. The van der Waals surface area contributed by atoms with E-state index in [1.54, 1.807) is 97.1 Å². The summed E-state index contributed by atoms with van der Waals surface area (Å²) in [5, 5.41) is 0. The summed E-state index contributed by atoms with van der Waals surface area (Å²) in [5.41, 5.74) is 9.80. The Labute approximate surface area is 469 Å². The van der Waals surface area contributed by atoms with E-state index in [0.717, 1.165) is 25.7 Å². The molecule has 7 aromatic rings. The highest BCUT2D eigenvalue weighted by Gasteiger charge is 2.23. The Bertz CT molecular complexity index is 3920. The van der Waals surface area contributed by atoms with Crippen molar-refractivity contribution in [2.75, 3.05) is 26.2 Å². The Morgan fingerprint density at radius 1 is 0.312 bits per heavy atom. The van der Waals surface area contributed by atoms with E-state index in [1.165, 1.54) is 0 Å². The first-order valence-electron chi connectivity index (χ1n) is 27.0. The van der Waals surface area contributed by atoms with Gasteiger partial charge in [0.2, 0.25) is 40.1 Å². The molecule has 0 atom stereocenters. The fourth-order valence-electron chi connectivity index (χ4n) is 9.49. The molecule has 0 saturated heterocycles. The van der Waals surface area contributed by atoms with Gasteiger partial charge in [-0.15, -0.1) is 0 Å². The summed E-state index contributed by atoms with van der Waals surface area (Å²) in [4.78, 5) is 18.4. The molecule has 3 aromatic heterocycles. The number of benzene rings is 4. The molecule has 0 saturated carbocycles. The second kappa shape index (κ2) is 24.9. The monoisotopic (exact) mass is 1150 g/mol. The van der Waals surface area contributed by atoms with Gasteiger partial charge in [0.1, 0.15) is 0 Å². The Hall–Kier alpha value is -6.88. The molecular formula is C60H66N8O8S4. The van der Waals surface area contributed by atoms with Crippen LogP contribution in [0.5, 0.6) is 0 Å². The Morgan fingerprint density at radius 3 is 0.800 bits per heavy atom. The van der Waals surface area contributed by atoms with E-state index < -0.39 is 40.1 Å². The first kappa shape index (κ1) is 57.8. The second-order valence-corrected chi connectivity index (χ2v) is 26.7. The summed E-state index contributed by atoms with van der Waals surface area (Å²) < 4.78 is 118. The summed E-state index contributed by atoms with van der Waals surface area (Å²) in [5.74, 6) is 0. The van der Waals surface area contributed by atoms with Crippen LogP contribution in [-0.4, -0.2) is 79.8 Å². The van der Waals surface area contributed by atoms with Crippen molar-refractivity contribution >= 4 is 86.5 Å². The fraction of sp³-hybridized carbons (Fsp3) is 0.267. The lowest BCUT2D eigenvalue weighted by molar-refractivity contribution is 0.576. The van der Waals surface area contributed by atoms with Crippen LogP contribution >= 0.6 is 0 Å². The lowest BCUT2D eigenvalue weighted by atomic mass is 10.0. The number of fused-ring (bicyclic) bond motifs is 8. The number of unbranched alkanes of at least 4 members (excludes halogenated alkanes) is 4. The highest BCUT2D eigenvalue weighted by Crippen LogP contribution is 2.39. The van der Waals surface area contributed by atoms with Crippen molar-refractivity contribution in [3.8, 4) is 44.5 Å². The predicted octanol–water partition coefficient (Wildman–Crippen LogP) is 11.6. The normalized spacial score (nSPS) is 12.8. The molecule has 80 heavy (non-hydrogen) atoms. The molecule has 4 aromatic carbocycles. The van der Waals surface area contributed by atoms with Gasteiger partial charge in [-0.1, -0.05) is 102 Å². The van der Waals surface area contributed by atoms with Gasteiger partial charge in [-0.25, -0.2) is 62.5 Å². The topological polar surface area (TPSA) is 242 Å². The van der Waals surface area contributed by atoms with Gasteiger partial charge in [0.05, 0.1) is 42.4 Å². The van der Waals surface area contributed by atoms with Crippen molar-refractivity contribution in [3.63, 3.8) is 0 Å². The number of rotatable bonds is 24. The summed E-state index contributed by atoms with van der Waals surface area (Å²) >= 11 is 0. The van der Waals surface area contributed by atoms with E-state index in [-0.39, 0.29) is 19.6 Å². The molecule has 0 fully saturated rings. The maximum absolute atomic E-state index is 13.4. The largest absolute Gasteiger partial charge is 0.354 e. The van der Waals surface area contributed by atoms with Gasteiger partial charge < -0.3 is 9.97 Å². The molecule has 9 rings (SSSR count). The Kier molecular flexibility index (Phi) is 18.0. The van der Waals surface area contributed by atoms with Crippen molar-refractivity contribution in [3.05, 3.63) is 144 Å². The lowest BCUT2D eigenvalue weighted by Gasteiger charge is -2.10. The molecular weight excluding hydrogens is 1090 g/mol. The molecule has 2 aliphatic heterocycles. The van der Waals surface area contributed by atoms with Crippen LogP contribution in [0.25, 0.3) is 90.9 Å². The molecule has 2 aliphatic rings. The van der Waals surface area contributed by atoms with E-state index in [9.17, 15) is 33.7 Å². The van der Waals surface area contributed by atoms with Gasteiger partial charge >= 0.3 is 0 Å². The first-order chi connectivity index (χ1) is 38.5. The van der Waals surface area contributed by atoms with Crippen LogP contribution < -0.4 is 18.9 Å². The summed E-state index contributed by atoms with van der Waals surface area (Å²) in [6, 6.07) is 34.2. The van der Waals surface area contributed by atoms with Crippen LogP contribution in [0.1, 0.15) is 102 Å². The Morgan fingerprint density at radius 2 is 0.537 bits per heavy atom. The summed E-state index contributed by atoms with van der Waals surface area (Å²) in [7, 11) is -15.2. The van der Waals surface area contributed by atoms with Gasteiger partial charge in [-0.2, -0.15) is 0 Å². The highest BCUT2D eigenvalue weighted by molar-refractivity contribution is 7.90. The predicted molar refractivity (Wildman–Crippen MR) is 321 cm³/mol. The van der Waals surface area contributed by atoms with Gasteiger partial charge in [-0.3, -0.25) is 0 Å². The van der Waals surface area contributed by atoms with Crippen LogP contribution in [0.3, 0.4) is 0 Å². The van der Waals surface area contributed by atoms with E-state index in [1.807, 2.05) is 76.3 Å². The second-order valence-electron chi connectivity index (χ2n) is 19.6. The molecule has 0 radical (unpaired) electrons. The Balaban J connectivity index is 1.33. The van der Waals surface area contributed by atoms with Crippen LogP contribution in [0, 0.1) is 0 Å². The molecule has 0 spiro atoms. The number of hydrogen-bond donors (Lipinski definition) is 6. The number of H-pyrrole nitrogens is 2. The van der Waals surface area contributed by atoms with Crippen molar-refractivity contribution in [1.82, 2.24) is 38.8 Å². The molecule has 5 heterocycles. The third-order valence-electron chi connectivity index (χ3n) is 13.9. The maximum atomic E-state index is 13.4. The minimum absolute atomic E-state index is 0.100. The van der Waals surface area contributed by atoms with Crippen LogP contribution in [-0.2, 0) is 40.1 Å².